The van der Waals surface area contributed by atoms with Gasteiger partial charge in [0.2, 0.25) is 0 Å². The molecule has 130 valence electrons. The fourth-order valence-corrected chi connectivity index (χ4v) is 3.59. The van der Waals surface area contributed by atoms with Crippen LogP contribution >= 0.6 is 0 Å². The molecule has 2 fully saturated rings. The lowest BCUT2D eigenvalue weighted by Gasteiger charge is -2.63. The number of fused-ring (bicyclic) bond motifs is 1. The average molecular weight is 342 g/mol. The van der Waals surface area contributed by atoms with Crippen LogP contribution in [0.25, 0.3) is 0 Å². The van der Waals surface area contributed by atoms with Crippen molar-refractivity contribution in [2.45, 2.75) is 24.9 Å². The van der Waals surface area contributed by atoms with Crippen molar-refractivity contribution in [1.29, 1.82) is 0 Å². The summed E-state index contributed by atoms with van der Waals surface area (Å²) >= 11 is 0. The molecule has 3 heterocycles. The second kappa shape index (κ2) is 6.33. The minimum atomic E-state index is -0.566. The van der Waals surface area contributed by atoms with Crippen LogP contribution in [0.3, 0.4) is 0 Å². The molecule has 0 bridgehead atoms. The van der Waals surface area contributed by atoms with Gasteiger partial charge in [0.15, 0.2) is 0 Å². The Morgan fingerprint density at radius 2 is 2.08 bits per heavy atom. The van der Waals surface area contributed by atoms with Crippen molar-refractivity contribution in [2.24, 2.45) is 4.99 Å². The third kappa shape index (κ3) is 2.80. The lowest BCUT2D eigenvalue weighted by Crippen LogP contribution is -2.80. The van der Waals surface area contributed by atoms with Crippen molar-refractivity contribution < 1.29 is 14.4 Å². The van der Waals surface area contributed by atoms with Gasteiger partial charge in [0.05, 0.1) is 17.7 Å². The van der Waals surface area contributed by atoms with Crippen molar-refractivity contribution in [3.63, 3.8) is 0 Å². The Kier molecular flexibility index (Phi) is 4.01. The highest BCUT2D eigenvalue weighted by atomic mass is 19.1. The number of halogens is 1. The molecule has 1 amide bonds. The molecule has 0 aliphatic carbocycles. The number of amidine groups is 1. The molecule has 3 aliphatic heterocycles. The second-order valence-corrected chi connectivity index (χ2v) is 6.43. The highest BCUT2D eigenvalue weighted by Crippen LogP contribution is 2.38. The van der Waals surface area contributed by atoms with Crippen LogP contribution in [0.4, 0.5) is 10.1 Å². The summed E-state index contributed by atoms with van der Waals surface area (Å²) in [4.78, 5) is 20.5. The lowest BCUT2D eigenvalue weighted by atomic mass is 9.84. The number of amides is 1. The van der Waals surface area contributed by atoms with Gasteiger partial charge in [-0.1, -0.05) is 18.2 Å². The van der Waals surface area contributed by atoms with Gasteiger partial charge in [0.25, 0.3) is 5.91 Å². The number of carbonyl (C=O) groups excluding carboxylic acids is 1. The number of hydrogen-bond acceptors (Lipinski definition) is 5. The zero-order valence-corrected chi connectivity index (χ0v) is 13.6. The fraction of sp³-hybridized carbons (Fsp3) is 0.333. The first kappa shape index (κ1) is 15.8. The predicted molar refractivity (Wildman–Crippen MR) is 91.8 cm³/mol. The minimum Gasteiger partial charge on any atom is -0.362 e. The van der Waals surface area contributed by atoms with Gasteiger partial charge in [0, 0.05) is 31.4 Å². The van der Waals surface area contributed by atoms with Crippen LogP contribution in [-0.2, 0) is 4.79 Å². The number of benzene rings is 1. The number of nitrogens with zero attached hydrogens (tertiary/aromatic N) is 3. The summed E-state index contributed by atoms with van der Waals surface area (Å²) in [5, 5.41) is 8.76. The number of rotatable bonds is 2. The molecular weight excluding hydrogens is 323 g/mol. The van der Waals surface area contributed by atoms with Gasteiger partial charge in [-0.25, -0.2) is 14.9 Å². The Labute approximate surface area is 144 Å². The molecule has 7 heteroatoms. The molecule has 2 saturated heterocycles. The van der Waals surface area contributed by atoms with E-state index in [4.69, 9.17) is 5.21 Å². The lowest BCUT2D eigenvalue weighted by molar-refractivity contribution is -0.124. The maximum Gasteiger partial charge on any atom is 0.276 e. The standard InChI is InChI=1S/C18H19FN4O2/c19-13-5-3-6-14(8-13)22-10-16-15(22)11-23(16)17-7-2-1-4-12(9-20-17)18(24)21-25/h1,3-6,8-9,15-16,25H,2,7,10-11H2,(H,21,24)/b4-1-,12-9+,20-17?. The number of hydrogen-bond donors (Lipinski definition) is 2. The first-order valence-electron chi connectivity index (χ1n) is 8.34. The Morgan fingerprint density at radius 3 is 2.80 bits per heavy atom. The number of likely N-dealkylation sites (tertiary alicyclic amines) is 1. The van der Waals surface area contributed by atoms with Crippen molar-refractivity contribution in [1.82, 2.24) is 10.4 Å². The van der Waals surface area contributed by atoms with Gasteiger partial charge >= 0.3 is 0 Å². The zero-order valence-electron chi connectivity index (χ0n) is 13.6. The van der Waals surface area contributed by atoms with Crippen molar-refractivity contribution >= 4 is 17.4 Å². The zero-order chi connectivity index (χ0) is 17.4. The van der Waals surface area contributed by atoms with E-state index < -0.39 is 5.91 Å². The highest BCUT2D eigenvalue weighted by molar-refractivity contribution is 5.96. The van der Waals surface area contributed by atoms with Crippen LogP contribution in [0.1, 0.15) is 12.8 Å². The van der Waals surface area contributed by atoms with Crippen molar-refractivity contribution in [3.05, 3.63) is 54.0 Å². The summed E-state index contributed by atoms with van der Waals surface area (Å²) in [5.41, 5.74) is 2.88. The molecule has 2 N–H and O–H groups in total. The van der Waals surface area contributed by atoms with Gasteiger partial charge in [0.1, 0.15) is 11.7 Å². The van der Waals surface area contributed by atoms with E-state index in [0.29, 0.717) is 17.7 Å². The molecule has 6 nitrogen and oxygen atoms in total. The molecule has 0 saturated carbocycles. The van der Waals surface area contributed by atoms with Crippen molar-refractivity contribution in [2.75, 3.05) is 18.0 Å². The molecule has 2 unspecified atom stereocenters. The molecule has 1 aromatic rings. The van der Waals surface area contributed by atoms with Crippen LogP contribution in [0.2, 0.25) is 0 Å². The van der Waals surface area contributed by atoms with E-state index >= 15 is 0 Å². The Morgan fingerprint density at radius 1 is 1.28 bits per heavy atom. The summed E-state index contributed by atoms with van der Waals surface area (Å²) in [6, 6.07) is 7.46. The second-order valence-electron chi connectivity index (χ2n) is 6.43. The van der Waals surface area contributed by atoms with Gasteiger partial charge < -0.3 is 9.80 Å². The molecular formula is C18H19FN4O2. The van der Waals surface area contributed by atoms with Gasteiger partial charge in [-0.15, -0.1) is 0 Å². The number of anilines is 1. The topological polar surface area (TPSA) is 68.2 Å². The largest absolute Gasteiger partial charge is 0.362 e. The van der Waals surface area contributed by atoms with Crippen LogP contribution < -0.4 is 10.4 Å². The van der Waals surface area contributed by atoms with Gasteiger partial charge in [-0.2, -0.15) is 0 Å². The Balaban J connectivity index is 1.45. The summed E-state index contributed by atoms with van der Waals surface area (Å²) in [5.74, 6) is 0.171. The number of piperazine rings is 1. The van der Waals surface area contributed by atoms with Gasteiger partial charge in [-0.3, -0.25) is 10.0 Å². The van der Waals surface area contributed by atoms with E-state index in [1.54, 1.807) is 23.7 Å². The molecule has 0 spiro atoms. The first-order valence-corrected chi connectivity index (χ1v) is 8.34. The highest BCUT2D eigenvalue weighted by Gasteiger charge is 2.52. The number of aliphatic imine (C=N–C) groups is 1. The number of allylic oxidation sites excluding steroid dienone is 1. The summed E-state index contributed by atoms with van der Waals surface area (Å²) in [6.45, 7) is 1.69. The molecule has 2 atom stereocenters. The summed E-state index contributed by atoms with van der Waals surface area (Å²) < 4.78 is 13.4. The molecule has 25 heavy (non-hydrogen) atoms. The van der Waals surface area contributed by atoms with Crippen molar-refractivity contribution in [3.8, 4) is 0 Å². The third-order valence-corrected chi connectivity index (χ3v) is 5.03. The quantitative estimate of drug-likeness (QED) is 0.636. The molecule has 1 aromatic carbocycles. The maximum atomic E-state index is 13.4. The summed E-state index contributed by atoms with van der Waals surface area (Å²) in [6.07, 6.45) is 6.67. The average Bonchev–Trinajstić information content (AvgIpc) is 2.57. The normalized spacial score (nSPS) is 28.2. The van der Waals surface area contributed by atoms with Crippen LogP contribution in [0, 0.1) is 5.82 Å². The smallest absolute Gasteiger partial charge is 0.276 e. The molecule has 0 radical (unpaired) electrons. The van der Waals surface area contributed by atoms with Gasteiger partial charge in [-0.05, 0) is 24.6 Å². The SMILES string of the molecule is O=C(NO)C1=C/N=C(N2CC3C2CN3c2cccc(F)c2)CC/C=C\1. The summed E-state index contributed by atoms with van der Waals surface area (Å²) in [7, 11) is 0. The maximum absolute atomic E-state index is 13.4. The number of nitrogens with one attached hydrogen (secondary N) is 1. The van der Waals surface area contributed by atoms with E-state index in [9.17, 15) is 9.18 Å². The predicted octanol–water partition coefficient (Wildman–Crippen LogP) is 1.84. The third-order valence-electron chi connectivity index (χ3n) is 5.03. The van der Waals surface area contributed by atoms with E-state index in [1.165, 1.54) is 12.3 Å². The van der Waals surface area contributed by atoms with E-state index in [-0.39, 0.29) is 5.82 Å². The van der Waals surface area contributed by atoms with Crippen LogP contribution in [-0.4, -0.2) is 47.0 Å². The minimum absolute atomic E-state index is 0.215. The first-order chi connectivity index (χ1) is 12.2. The van der Waals surface area contributed by atoms with E-state index in [2.05, 4.69) is 14.8 Å². The van der Waals surface area contributed by atoms with Crippen LogP contribution in [0.5, 0.6) is 0 Å². The number of carbonyl (C=O) groups is 1. The van der Waals surface area contributed by atoms with Crippen LogP contribution in [0.15, 0.2) is 53.2 Å². The fourth-order valence-electron chi connectivity index (χ4n) is 3.59. The van der Waals surface area contributed by atoms with E-state index in [0.717, 1.165) is 37.5 Å². The Hall–Kier alpha value is -2.67. The Bertz CT molecular complexity index is 789. The molecule has 4 rings (SSSR count). The van der Waals surface area contributed by atoms with E-state index in [1.807, 2.05) is 12.1 Å². The molecule has 0 aromatic heterocycles. The number of hydroxylamine groups is 1. The molecule has 3 aliphatic rings. The monoisotopic (exact) mass is 342 g/mol.